The molecule has 158 valence electrons. The first-order chi connectivity index (χ1) is 14.6. The van der Waals surface area contributed by atoms with Crippen LogP contribution < -0.4 is 11.1 Å². The maximum Gasteiger partial charge on any atom is 0.254 e. The highest BCUT2D eigenvalue weighted by molar-refractivity contribution is 5.98. The lowest BCUT2D eigenvalue weighted by atomic mass is 9.93. The lowest BCUT2D eigenvalue weighted by Gasteiger charge is -2.19. The van der Waals surface area contributed by atoms with Crippen LogP contribution in [0.1, 0.15) is 57.9 Å². The zero-order chi connectivity index (χ0) is 21.1. The number of carbonyl (C=O) groups excluding carboxylic acids is 1. The molecule has 2 heterocycles. The molecule has 0 spiro atoms. The average molecular weight is 406 g/mol. The molecule has 1 amide bonds. The number of fused-ring (bicyclic) bond motifs is 1. The smallest absolute Gasteiger partial charge is 0.254 e. The van der Waals surface area contributed by atoms with Gasteiger partial charge in [0.1, 0.15) is 0 Å². The number of ether oxygens (including phenoxy) is 1. The third-order valence-corrected chi connectivity index (χ3v) is 6.11. The fraction of sp³-hybridized carbons (Fsp3) is 0.400. The molecular weight excluding hydrogens is 374 g/mol. The van der Waals surface area contributed by atoms with Crippen LogP contribution in [0.5, 0.6) is 0 Å². The van der Waals surface area contributed by atoms with Crippen LogP contribution in [0.4, 0.5) is 0 Å². The van der Waals surface area contributed by atoms with E-state index in [-0.39, 0.29) is 12.0 Å². The van der Waals surface area contributed by atoms with E-state index in [0.717, 1.165) is 49.0 Å². The van der Waals surface area contributed by atoms with Crippen LogP contribution in [0.25, 0.3) is 5.70 Å². The van der Waals surface area contributed by atoms with Gasteiger partial charge in [0.05, 0.1) is 11.8 Å². The van der Waals surface area contributed by atoms with E-state index in [9.17, 15) is 4.79 Å². The number of amides is 1. The van der Waals surface area contributed by atoms with Crippen molar-refractivity contribution in [2.45, 2.75) is 45.3 Å². The molecule has 2 aromatic carbocycles. The van der Waals surface area contributed by atoms with Crippen molar-refractivity contribution >= 4 is 11.6 Å². The number of nitrogens with zero attached hydrogens (tertiary/aromatic N) is 1. The molecule has 0 bridgehead atoms. The van der Waals surface area contributed by atoms with E-state index in [0.29, 0.717) is 18.8 Å². The number of hydrogen-bond acceptors (Lipinski definition) is 4. The molecule has 0 saturated carbocycles. The minimum atomic E-state index is 0.143. The highest BCUT2D eigenvalue weighted by atomic mass is 16.5. The monoisotopic (exact) mass is 405 g/mol. The van der Waals surface area contributed by atoms with Gasteiger partial charge in [-0.3, -0.25) is 4.79 Å². The van der Waals surface area contributed by atoms with Gasteiger partial charge >= 0.3 is 0 Å². The first kappa shape index (κ1) is 20.5. The van der Waals surface area contributed by atoms with Crippen molar-refractivity contribution in [2.24, 2.45) is 5.73 Å². The number of hydrogen-bond donors (Lipinski definition) is 2. The average Bonchev–Trinajstić information content (AvgIpc) is 3.37. The van der Waals surface area contributed by atoms with E-state index in [2.05, 4.69) is 36.5 Å². The molecule has 30 heavy (non-hydrogen) atoms. The third-order valence-electron chi connectivity index (χ3n) is 6.11. The van der Waals surface area contributed by atoms with Crippen LogP contribution in [0.2, 0.25) is 0 Å². The first-order valence-corrected chi connectivity index (χ1v) is 10.9. The van der Waals surface area contributed by atoms with Crippen molar-refractivity contribution in [3.05, 3.63) is 76.0 Å². The Balaban J connectivity index is 1.53. The van der Waals surface area contributed by atoms with Gasteiger partial charge in [0.25, 0.3) is 5.91 Å². The van der Waals surface area contributed by atoms with Gasteiger partial charge in [-0.2, -0.15) is 0 Å². The zero-order valence-electron chi connectivity index (χ0n) is 17.9. The van der Waals surface area contributed by atoms with E-state index in [1.165, 1.54) is 16.7 Å². The number of benzene rings is 2. The molecule has 2 aliphatic heterocycles. The number of carbonyl (C=O) groups is 1. The van der Waals surface area contributed by atoms with Gasteiger partial charge in [-0.25, -0.2) is 0 Å². The molecule has 1 saturated heterocycles. The second-order valence-electron chi connectivity index (χ2n) is 8.21. The number of nitrogens with one attached hydrogen (secondary N) is 1. The first-order valence-electron chi connectivity index (χ1n) is 10.9. The van der Waals surface area contributed by atoms with Gasteiger partial charge in [0, 0.05) is 38.5 Å². The van der Waals surface area contributed by atoms with E-state index in [4.69, 9.17) is 10.5 Å². The summed E-state index contributed by atoms with van der Waals surface area (Å²) in [5.74, 6) is 0.143. The molecule has 1 atom stereocenters. The summed E-state index contributed by atoms with van der Waals surface area (Å²) in [4.78, 5) is 15.0. The molecule has 0 aromatic heterocycles. The van der Waals surface area contributed by atoms with Crippen LogP contribution >= 0.6 is 0 Å². The van der Waals surface area contributed by atoms with Crippen molar-refractivity contribution in [3.63, 3.8) is 0 Å². The summed E-state index contributed by atoms with van der Waals surface area (Å²) in [6.07, 6.45) is 5.90. The summed E-state index contributed by atoms with van der Waals surface area (Å²) in [5, 5.41) is 2.96. The van der Waals surface area contributed by atoms with Gasteiger partial charge in [0.15, 0.2) is 0 Å². The zero-order valence-corrected chi connectivity index (χ0v) is 17.9. The number of aryl methyl sites for hydroxylation is 1. The Bertz CT molecular complexity index is 944. The Morgan fingerprint density at radius 1 is 1.27 bits per heavy atom. The van der Waals surface area contributed by atoms with Crippen molar-refractivity contribution in [2.75, 3.05) is 20.2 Å². The molecule has 5 nitrogen and oxygen atoms in total. The summed E-state index contributed by atoms with van der Waals surface area (Å²) in [6.45, 7) is 4.40. The molecule has 4 rings (SSSR count). The highest BCUT2D eigenvalue weighted by Gasteiger charge is 2.31. The van der Waals surface area contributed by atoms with Crippen LogP contribution in [0.3, 0.4) is 0 Å². The third kappa shape index (κ3) is 4.21. The van der Waals surface area contributed by atoms with E-state index < -0.39 is 0 Å². The summed E-state index contributed by atoms with van der Waals surface area (Å²) < 4.78 is 5.74. The van der Waals surface area contributed by atoms with E-state index >= 15 is 0 Å². The molecule has 5 heteroatoms. The minimum absolute atomic E-state index is 0.143. The lowest BCUT2D eigenvalue weighted by Crippen LogP contribution is -2.32. The molecule has 0 aliphatic carbocycles. The van der Waals surface area contributed by atoms with Gasteiger partial charge in [-0.05, 0) is 59.6 Å². The topological polar surface area (TPSA) is 67.6 Å². The fourth-order valence-electron chi connectivity index (χ4n) is 4.47. The highest BCUT2D eigenvalue weighted by Crippen LogP contribution is 2.29. The Kier molecular flexibility index (Phi) is 6.09. The molecular formula is C25H31N3O2. The van der Waals surface area contributed by atoms with E-state index in [1.54, 1.807) is 6.20 Å². The molecule has 0 radical (unpaired) electrons. The minimum Gasteiger partial charge on any atom is -0.397 e. The maximum atomic E-state index is 13.0. The number of nitrogens with two attached hydrogens (primary N) is 1. The van der Waals surface area contributed by atoms with Crippen molar-refractivity contribution in [3.8, 4) is 0 Å². The van der Waals surface area contributed by atoms with Gasteiger partial charge in [-0.1, -0.05) is 37.3 Å². The molecule has 1 fully saturated rings. The normalized spacial score (nSPS) is 18.7. The standard InChI is InChI=1S/C25H31N3O2/c1-3-18-12-21-15-28(16-22-5-4-10-30-22)25(29)23(21)13-20(18)11-17-6-8-19(9-7-17)24(26)14-27-2/h6-9,12-14,22,27H,3-5,10-11,15-16,26H2,1-2H3/b24-14-. The van der Waals surface area contributed by atoms with Crippen LogP contribution in [0, 0.1) is 0 Å². The van der Waals surface area contributed by atoms with Gasteiger partial charge < -0.3 is 20.7 Å². The van der Waals surface area contributed by atoms with Gasteiger partial charge in [-0.15, -0.1) is 0 Å². The number of rotatable bonds is 7. The SMILES string of the molecule is CCc1cc2c(cc1Cc1ccc(/C(N)=C/NC)cc1)C(=O)N(CC1CCCO1)C2. The van der Waals surface area contributed by atoms with Gasteiger partial charge in [0.2, 0.25) is 0 Å². The summed E-state index contributed by atoms with van der Waals surface area (Å²) >= 11 is 0. The van der Waals surface area contributed by atoms with Crippen molar-refractivity contribution < 1.29 is 9.53 Å². The molecule has 2 aliphatic rings. The maximum absolute atomic E-state index is 13.0. The second-order valence-corrected chi connectivity index (χ2v) is 8.21. The van der Waals surface area contributed by atoms with Crippen LogP contribution in [-0.2, 0) is 24.1 Å². The summed E-state index contributed by atoms with van der Waals surface area (Å²) in [7, 11) is 1.84. The fourth-order valence-corrected chi connectivity index (χ4v) is 4.47. The second kappa shape index (κ2) is 8.92. The Labute approximate surface area is 178 Å². The Hall–Kier alpha value is -2.79. The Morgan fingerprint density at radius 2 is 2.07 bits per heavy atom. The predicted octanol–water partition coefficient (Wildman–Crippen LogP) is 3.45. The molecule has 1 unspecified atom stereocenters. The lowest BCUT2D eigenvalue weighted by molar-refractivity contribution is 0.0545. The summed E-state index contributed by atoms with van der Waals surface area (Å²) in [6, 6.07) is 12.7. The van der Waals surface area contributed by atoms with Crippen molar-refractivity contribution in [1.82, 2.24) is 10.2 Å². The molecule has 3 N–H and O–H groups in total. The van der Waals surface area contributed by atoms with E-state index in [1.807, 2.05) is 24.1 Å². The Morgan fingerprint density at radius 3 is 2.73 bits per heavy atom. The van der Waals surface area contributed by atoms with Crippen LogP contribution in [0.15, 0.2) is 42.6 Å². The van der Waals surface area contributed by atoms with Crippen molar-refractivity contribution in [1.29, 1.82) is 0 Å². The summed E-state index contributed by atoms with van der Waals surface area (Å²) in [5.41, 5.74) is 13.5. The molecule has 2 aromatic rings. The van der Waals surface area contributed by atoms with Crippen LogP contribution in [-0.4, -0.2) is 37.1 Å². The predicted molar refractivity (Wildman–Crippen MR) is 120 cm³/mol. The quantitative estimate of drug-likeness (QED) is 0.740. The largest absolute Gasteiger partial charge is 0.397 e.